The average molecular weight is 445 g/mol. The van der Waals surface area contributed by atoms with Gasteiger partial charge in [0.15, 0.2) is 0 Å². The number of nitrogens with one attached hydrogen (secondary N) is 1. The first-order valence-corrected chi connectivity index (χ1v) is 8.90. The summed E-state index contributed by atoms with van der Waals surface area (Å²) >= 11 is 9.38. The lowest BCUT2D eigenvalue weighted by Gasteiger charge is -2.21. The Hall–Kier alpha value is -1.86. The first-order valence-electron chi connectivity index (χ1n) is 7.73. The second-order valence-corrected chi connectivity index (χ2v) is 7.14. The standard InChI is InChI=1S/C18H14BrClF3N3/c1-9-12(4-3-5-14(9)18(21,22)23)10(2)24-16-13-8-11(19)6-7-15(13)25-17(20)26-16/h3-8,10H,1-2H3,(H,24,25,26)/t10-/m1/s1. The van der Waals surface area contributed by atoms with Crippen molar-refractivity contribution in [1.82, 2.24) is 9.97 Å². The predicted octanol–water partition coefficient (Wildman–Crippen LogP) is 6.55. The van der Waals surface area contributed by atoms with Gasteiger partial charge < -0.3 is 5.32 Å². The summed E-state index contributed by atoms with van der Waals surface area (Å²) in [5.74, 6) is 0.464. The molecule has 0 aliphatic carbocycles. The molecule has 1 atom stereocenters. The summed E-state index contributed by atoms with van der Waals surface area (Å²) in [6.07, 6.45) is -4.39. The van der Waals surface area contributed by atoms with Gasteiger partial charge in [0.2, 0.25) is 5.28 Å². The lowest BCUT2D eigenvalue weighted by atomic mass is 9.97. The molecule has 0 fully saturated rings. The first-order chi connectivity index (χ1) is 12.2. The summed E-state index contributed by atoms with van der Waals surface area (Å²) in [6, 6.07) is 9.20. The van der Waals surface area contributed by atoms with Crippen molar-refractivity contribution in [2.75, 3.05) is 5.32 Å². The smallest absolute Gasteiger partial charge is 0.363 e. The molecular formula is C18H14BrClF3N3. The van der Waals surface area contributed by atoms with Crippen molar-refractivity contribution in [2.24, 2.45) is 0 Å². The number of aromatic nitrogens is 2. The van der Waals surface area contributed by atoms with Crippen molar-refractivity contribution >= 4 is 44.3 Å². The van der Waals surface area contributed by atoms with E-state index in [1.165, 1.54) is 13.0 Å². The molecule has 26 heavy (non-hydrogen) atoms. The molecule has 1 heterocycles. The zero-order valence-electron chi connectivity index (χ0n) is 13.8. The molecular weight excluding hydrogens is 431 g/mol. The van der Waals surface area contributed by atoms with Crippen LogP contribution >= 0.6 is 27.5 Å². The van der Waals surface area contributed by atoms with Crippen molar-refractivity contribution in [3.8, 4) is 0 Å². The van der Waals surface area contributed by atoms with Crippen LogP contribution < -0.4 is 5.32 Å². The monoisotopic (exact) mass is 443 g/mol. The molecule has 3 rings (SSSR count). The quantitative estimate of drug-likeness (QED) is 0.466. The third-order valence-corrected chi connectivity index (χ3v) is 4.79. The van der Waals surface area contributed by atoms with Gasteiger partial charge in [-0.15, -0.1) is 0 Å². The summed E-state index contributed by atoms with van der Waals surface area (Å²) < 4.78 is 40.3. The molecule has 1 aromatic heterocycles. The van der Waals surface area contributed by atoms with Gasteiger partial charge in [0.25, 0.3) is 0 Å². The molecule has 0 aliphatic heterocycles. The Kier molecular flexibility index (Phi) is 5.12. The van der Waals surface area contributed by atoms with E-state index in [2.05, 4.69) is 31.2 Å². The fourth-order valence-electron chi connectivity index (χ4n) is 2.89. The van der Waals surface area contributed by atoms with Crippen molar-refractivity contribution in [2.45, 2.75) is 26.1 Å². The van der Waals surface area contributed by atoms with Gasteiger partial charge in [-0.2, -0.15) is 13.2 Å². The third kappa shape index (κ3) is 3.78. The SMILES string of the molecule is Cc1c([C@@H](C)Nc2nc(Cl)nc3ccc(Br)cc23)cccc1C(F)(F)F. The van der Waals surface area contributed by atoms with Gasteiger partial charge in [-0.3, -0.25) is 0 Å². The minimum Gasteiger partial charge on any atom is -0.363 e. The number of fused-ring (bicyclic) bond motifs is 1. The van der Waals surface area contributed by atoms with Crippen LogP contribution in [-0.2, 0) is 6.18 Å². The van der Waals surface area contributed by atoms with E-state index in [0.717, 1.165) is 15.9 Å². The van der Waals surface area contributed by atoms with Crippen molar-refractivity contribution < 1.29 is 13.2 Å². The Morgan fingerprint density at radius 2 is 1.88 bits per heavy atom. The average Bonchev–Trinajstić information content (AvgIpc) is 2.54. The Bertz CT molecular complexity index is 976. The van der Waals surface area contributed by atoms with Crippen molar-refractivity contribution in [3.63, 3.8) is 0 Å². The highest BCUT2D eigenvalue weighted by atomic mass is 79.9. The van der Waals surface area contributed by atoms with E-state index in [9.17, 15) is 13.2 Å². The number of alkyl halides is 3. The van der Waals surface area contributed by atoms with E-state index >= 15 is 0 Å². The van der Waals surface area contributed by atoms with Crippen LogP contribution in [0.2, 0.25) is 5.28 Å². The highest BCUT2D eigenvalue weighted by Crippen LogP contribution is 2.35. The van der Waals surface area contributed by atoms with Gasteiger partial charge in [-0.25, -0.2) is 9.97 Å². The summed E-state index contributed by atoms with van der Waals surface area (Å²) in [5, 5.41) is 3.95. The molecule has 0 radical (unpaired) electrons. The van der Waals surface area contributed by atoms with Gasteiger partial charge in [-0.1, -0.05) is 28.1 Å². The zero-order valence-corrected chi connectivity index (χ0v) is 16.2. The minimum atomic E-state index is -4.39. The van der Waals surface area contributed by atoms with Crippen LogP contribution in [0.15, 0.2) is 40.9 Å². The van der Waals surface area contributed by atoms with Crippen LogP contribution in [0.4, 0.5) is 19.0 Å². The summed E-state index contributed by atoms with van der Waals surface area (Å²) in [4.78, 5) is 8.38. The first kappa shape index (κ1) is 18.9. The van der Waals surface area contributed by atoms with E-state index in [1.807, 2.05) is 12.1 Å². The van der Waals surface area contributed by atoms with Crippen molar-refractivity contribution in [3.05, 3.63) is 62.8 Å². The summed E-state index contributed by atoms with van der Waals surface area (Å²) in [7, 11) is 0. The summed E-state index contributed by atoms with van der Waals surface area (Å²) in [6.45, 7) is 3.25. The molecule has 0 aliphatic rings. The van der Waals surface area contributed by atoms with Crippen LogP contribution in [0.3, 0.4) is 0 Å². The van der Waals surface area contributed by atoms with Crippen LogP contribution in [0.1, 0.15) is 29.7 Å². The molecule has 136 valence electrons. The molecule has 0 saturated carbocycles. The second kappa shape index (κ2) is 7.04. The Balaban J connectivity index is 2.03. The number of anilines is 1. The zero-order chi connectivity index (χ0) is 19.1. The van der Waals surface area contributed by atoms with E-state index in [4.69, 9.17) is 11.6 Å². The van der Waals surface area contributed by atoms with Crippen LogP contribution in [0, 0.1) is 6.92 Å². The number of benzene rings is 2. The van der Waals surface area contributed by atoms with Crippen LogP contribution in [0.5, 0.6) is 0 Å². The van der Waals surface area contributed by atoms with Gasteiger partial charge >= 0.3 is 6.18 Å². The molecule has 8 heteroatoms. The van der Waals surface area contributed by atoms with Crippen molar-refractivity contribution in [1.29, 1.82) is 0 Å². The largest absolute Gasteiger partial charge is 0.416 e. The highest BCUT2D eigenvalue weighted by molar-refractivity contribution is 9.10. The number of hydrogen-bond acceptors (Lipinski definition) is 3. The normalized spacial score (nSPS) is 13.0. The maximum absolute atomic E-state index is 13.2. The second-order valence-electron chi connectivity index (χ2n) is 5.89. The van der Waals surface area contributed by atoms with Gasteiger partial charge in [-0.05, 0) is 60.8 Å². The predicted molar refractivity (Wildman–Crippen MR) is 100 cm³/mol. The molecule has 3 nitrogen and oxygen atoms in total. The fourth-order valence-corrected chi connectivity index (χ4v) is 3.43. The summed E-state index contributed by atoms with van der Waals surface area (Å²) in [5.41, 5.74) is 0.726. The van der Waals surface area contributed by atoms with E-state index < -0.39 is 17.8 Å². The van der Waals surface area contributed by atoms with Crippen LogP contribution in [0.25, 0.3) is 10.9 Å². The Labute approximate surface area is 161 Å². The molecule has 3 aromatic rings. The van der Waals surface area contributed by atoms with Gasteiger partial charge in [0.05, 0.1) is 17.1 Å². The minimum absolute atomic E-state index is 0.0651. The number of halogens is 5. The van der Waals surface area contributed by atoms with Gasteiger partial charge in [0, 0.05) is 9.86 Å². The highest BCUT2D eigenvalue weighted by Gasteiger charge is 2.33. The molecule has 0 unspecified atom stereocenters. The third-order valence-electron chi connectivity index (χ3n) is 4.13. The Morgan fingerprint density at radius 3 is 2.58 bits per heavy atom. The molecule has 0 bridgehead atoms. The lowest BCUT2D eigenvalue weighted by molar-refractivity contribution is -0.138. The van der Waals surface area contributed by atoms with Crippen LogP contribution in [-0.4, -0.2) is 9.97 Å². The fraction of sp³-hybridized carbons (Fsp3) is 0.222. The number of rotatable bonds is 3. The van der Waals surface area contributed by atoms with E-state index in [0.29, 0.717) is 16.9 Å². The maximum atomic E-state index is 13.2. The van der Waals surface area contributed by atoms with E-state index in [1.54, 1.807) is 19.1 Å². The maximum Gasteiger partial charge on any atom is 0.416 e. The molecule has 1 N–H and O–H groups in total. The molecule has 0 spiro atoms. The molecule has 2 aromatic carbocycles. The lowest BCUT2D eigenvalue weighted by Crippen LogP contribution is -2.14. The number of nitrogens with zero attached hydrogens (tertiary/aromatic N) is 2. The van der Waals surface area contributed by atoms with Gasteiger partial charge in [0.1, 0.15) is 5.82 Å². The molecule has 0 amide bonds. The Morgan fingerprint density at radius 1 is 1.15 bits per heavy atom. The topological polar surface area (TPSA) is 37.8 Å². The number of hydrogen-bond donors (Lipinski definition) is 1. The molecule has 0 saturated heterocycles. The van der Waals surface area contributed by atoms with E-state index in [-0.39, 0.29) is 10.8 Å².